The second-order valence-corrected chi connectivity index (χ2v) is 6.27. The van der Waals surface area contributed by atoms with Crippen LogP contribution in [0, 0.1) is 6.92 Å². The lowest BCUT2D eigenvalue weighted by molar-refractivity contribution is -0.129. The Kier molecular flexibility index (Phi) is 7.03. The molecule has 2 heterocycles. The molecule has 7 nitrogen and oxygen atoms in total. The van der Waals surface area contributed by atoms with Gasteiger partial charge in [-0.25, -0.2) is 9.78 Å². The Labute approximate surface area is 149 Å². The first kappa shape index (κ1) is 19.0. The van der Waals surface area contributed by atoms with Gasteiger partial charge in [0.25, 0.3) is 0 Å². The van der Waals surface area contributed by atoms with E-state index in [2.05, 4.69) is 22.5 Å². The van der Waals surface area contributed by atoms with Crippen LogP contribution in [-0.4, -0.2) is 48.1 Å². The van der Waals surface area contributed by atoms with Crippen molar-refractivity contribution < 1.29 is 14.3 Å². The number of carbonyl (C=O) groups is 2. The Balaban J connectivity index is 1.74. The van der Waals surface area contributed by atoms with Crippen molar-refractivity contribution in [2.45, 2.75) is 52.1 Å². The summed E-state index contributed by atoms with van der Waals surface area (Å²) in [6.45, 7) is 5.69. The average molecular weight is 348 g/mol. The van der Waals surface area contributed by atoms with Gasteiger partial charge in [0.15, 0.2) is 0 Å². The van der Waals surface area contributed by atoms with Crippen molar-refractivity contribution in [3.8, 4) is 5.88 Å². The number of likely N-dealkylation sites (tertiary alicyclic amines) is 1. The first-order valence-electron chi connectivity index (χ1n) is 8.86. The lowest BCUT2D eigenvalue weighted by Gasteiger charge is -2.26. The van der Waals surface area contributed by atoms with Crippen LogP contribution in [0.2, 0.25) is 0 Å². The SMILES string of the molecule is CCC(CCNC(=O)NCc1ccc(C)nc1OC)N1CCCC1=O. The van der Waals surface area contributed by atoms with Crippen molar-refractivity contribution >= 4 is 11.9 Å². The molecular formula is C18H28N4O3. The summed E-state index contributed by atoms with van der Waals surface area (Å²) >= 11 is 0. The fourth-order valence-electron chi connectivity index (χ4n) is 3.10. The summed E-state index contributed by atoms with van der Waals surface area (Å²) in [7, 11) is 1.57. The summed E-state index contributed by atoms with van der Waals surface area (Å²) in [5.74, 6) is 0.758. The van der Waals surface area contributed by atoms with Crippen LogP contribution in [0.4, 0.5) is 4.79 Å². The van der Waals surface area contributed by atoms with Gasteiger partial charge < -0.3 is 20.3 Å². The molecule has 138 valence electrons. The molecule has 2 rings (SSSR count). The fraction of sp³-hybridized carbons (Fsp3) is 0.611. The monoisotopic (exact) mass is 348 g/mol. The van der Waals surface area contributed by atoms with E-state index in [1.807, 2.05) is 24.0 Å². The van der Waals surface area contributed by atoms with Crippen molar-refractivity contribution in [3.63, 3.8) is 0 Å². The molecule has 1 aliphatic rings. The van der Waals surface area contributed by atoms with Crippen molar-refractivity contribution in [1.29, 1.82) is 0 Å². The Morgan fingerprint density at radius 3 is 2.84 bits per heavy atom. The summed E-state index contributed by atoms with van der Waals surface area (Å²) in [5.41, 5.74) is 1.70. The van der Waals surface area contributed by atoms with Crippen LogP contribution in [0.25, 0.3) is 0 Å². The Morgan fingerprint density at radius 2 is 2.20 bits per heavy atom. The molecule has 1 aliphatic heterocycles. The lowest BCUT2D eigenvalue weighted by atomic mass is 10.1. The molecule has 0 aromatic carbocycles. The Morgan fingerprint density at radius 1 is 1.40 bits per heavy atom. The van der Waals surface area contributed by atoms with Crippen LogP contribution < -0.4 is 15.4 Å². The van der Waals surface area contributed by atoms with E-state index in [9.17, 15) is 9.59 Å². The third kappa shape index (κ3) is 5.34. The first-order valence-corrected chi connectivity index (χ1v) is 8.86. The highest BCUT2D eigenvalue weighted by atomic mass is 16.5. The molecule has 0 saturated carbocycles. The molecule has 0 spiro atoms. The molecule has 1 unspecified atom stereocenters. The second kappa shape index (κ2) is 9.25. The van der Waals surface area contributed by atoms with Crippen molar-refractivity contribution in [2.75, 3.05) is 20.2 Å². The van der Waals surface area contributed by atoms with Gasteiger partial charge in [-0.2, -0.15) is 0 Å². The van der Waals surface area contributed by atoms with E-state index in [-0.39, 0.29) is 18.0 Å². The highest BCUT2D eigenvalue weighted by molar-refractivity contribution is 5.78. The minimum absolute atomic E-state index is 0.205. The third-order valence-corrected chi connectivity index (χ3v) is 4.50. The smallest absolute Gasteiger partial charge is 0.315 e. The van der Waals surface area contributed by atoms with E-state index in [1.165, 1.54) is 0 Å². The van der Waals surface area contributed by atoms with Crippen LogP contribution in [-0.2, 0) is 11.3 Å². The van der Waals surface area contributed by atoms with Crippen LogP contribution in [0.3, 0.4) is 0 Å². The highest BCUT2D eigenvalue weighted by Crippen LogP contribution is 2.18. The van der Waals surface area contributed by atoms with Gasteiger partial charge in [0.2, 0.25) is 11.8 Å². The zero-order valence-corrected chi connectivity index (χ0v) is 15.3. The maximum atomic E-state index is 12.0. The Hall–Kier alpha value is -2.31. The van der Waals surface area contributed by atoms with Gasteiger partial charge in [-0.3, -0.25) is 4.79 Å². The van der Waals surface area contributed by atoms with Gasteiger partial charge in [-0.1, -0.05) is 13.0 Å². The number of pyridine rings is 1. The number of hydrogen-bond acceptors (Lipinski definition) is 4. The average Bonchev–Trinajstić information content (AvgIpc) is 3.03. The number of amides is 3. The normalized spacial score (nSPS) is 15.2. The molecule has 1 saturated heterocycles. The van der Waals surface area contributed by atoms with E-state index in [0.717, 1.165) is 37.1 Å². The molecule has 0 radical (unpaired) electrons. The maximum Gasteiger partial charge on any atom is 0.315 e. The van der Waals surface area contributed by atoms with Gasteiger partial charge in [0, 0.05) is 43.4 Å². The molecular weight excluding hydrogens is 320 g/mol. The van der Waals surface area contributed by atoms with E-state index < -0.39 is 0 Å². The van der Waals surface area contributed by atoms with Gasteiger partial charge >= 0.3 is 6.03 Å². The number of hydrogen-bond donors (Lipinski definition) is 2. The van der Waals surface area contributed by atoms with E-state index in [4.69, 9.17) is 4.74 Å². The minimum Gasteiger partial charge on any atom is -0.481 e. The molecule has 7 heteroatoms. The van der Waals surface area contributed by atoms with Crippen LogP contribution in [0.5, 0.6) is 5.88 Å². The summed E-state index contributed by atoms with van der Waals surface area (Å²) in [6, 6.07) is 3.76. The fourth-order valence-corrected chi connectivity index (χ4v) is 3.10. The molecule has 0 aliphatic carbocycles. The standard InChI is InChI=1S/C18H28N4O3/c1-4-15(22-11-5-6-16(22)23)9-10-19-18(24)20-12-14-8-7-13(2)21-17(14)25-3/h7-8,15H,4-6,9-12H2,1-3H3,(H2,19,20,24). The predicted octanol–water partition coefficient (Wildman–Crippen LogP) is 1.99. The molecule has 1 aromatic heterocycles. The van der Waals surface area contributed by atoms with E-state index >= 15 is 0 Å². The van der Waals surface area contributed by atoms with E-state index in [1.54, 1.807) is 7.11 Å². The summed E-state index contributed by atoms with van der Waals surface area (Å²) in [4.78, 5) is 30.0. The number of urea groups is 1. The topological polar surface area (TPSA) is 83.6 Å². The van der Waals surface area contributed by atoms with Gasteiger partial charge in [0.1, 0.15) is 0 Å². The molecule has 25 heavy (non-hydrogen) atoms. The van der Waals surface area contributed by atoms with E-state index in [0.29, 0.717) is 25.4 Å². The highest BCUT2D eigenvalue weighted by Gasteiger charge is 2.26. The molecule has 0 bridgehead atoms. The maximum absolute atomic E-state index is 12.0. The molecule has 1 atom stereocenters. The van der Waals surface area contributed by atoms with Crippen LogP contribution in [0.1, 0.15) is 43.9 Å². The Bertz CT molecular complexity index is 606. The number of aromatic nitrogens is 1. The molecule has 3 amide bonds. The third-order valence-electron chi connectivity index (χ3n) is 4.50. The predicted molar refractivity (Wildman–Crippen MR) is 95.4 cm³/mol. The first-order chi connectivity index (χ1) is 12.0. The number of aryl methyl sites for hydroxylation is 1. The van der Waals surface area contributed by atoms with Crippen LogP contribution >= 0.6 is 0 Å². The number of carbonyl (C=O) groups excluding carboxylic acids is 2. The van der Waals surface area contributed by atoms with Crippen molar-refractivity contribution in [1.82, 2.24) is 20.5 Å². The van der Waals surface area contributed by atoms with Gasteiger partial charge in [-0.05, 0) is 32.3 Å². The lowest BCUT2D eigenvalue weighted by Crippen LogP contribution is -2.41. The number of ether oxygens (including phenoxy) is 1. The molecule has 1 aromatic rings. The quantitative estimate of drug-likeness (QED) is 0.752. The largest absolute Gasteiger partial charge is 0.481 e. The zero-order valence-electron chi connectivity index (χ0n) is 15.3. The van der Waals surface area contributed by atoms with Crippen molar-refractivity contribution in [2.24, 2.45) is 0 Å². The number of nitrogens with one attached hydrogen (secondary N) is 2. The van der Waals surface area contributed by atoms with Gasteiger partial charge in [-0.15, -0.1) is 0 Å². The summed E-state index contributed by atoms with van der Waals surface area (Å²) < 4.78 is 5.23. The number of nitrogens with zero attached hydrogens (tertiary/aromatic N) is 2. The molecule has 2 N–H and O–H groups in total. The molecule has 1 fully saturated rings. The number of rotatable bonds is 8. The number of methoxy groups -OCH3 is 1. The van der Waals surface area contributed by atoms with Crippen LogP contribution in [0.15, 0.2) is 12.1 Å². The second-order valence-electron chi connectivity index (χ2n) is 6.27. The zero-order chi connectivity index (χ0) is 18.2. The summed E-state index contributed by atoms with van der Waals surface area (Å²) in [6.07, 6.45) is 3.26. The van der Waals surface area contributed by atoms with Crippen molar-refractivity contribution in [3.05, 3.63) is 23.4 Å². The minimum atomic E-state index is -0.231. The summed E-state index contributed by atoms with van der Waals surface area (Å²) in [5, 5.41) is 5.67. The van der Waals surface area contributed by atoms with Gasteiger partial charge in [0.05, 0.1) is 7.11 Å².